The van der Waals surface area contributed by atoms with Gasteiger partial charge < -0.3 is 9.84 Å². The van der Waals surface area contributed by atoms with E-state index in [1.54, 1.807) is 0 Å². The number of aliphatic hydroxyl groups is 1. The van der Waals surface area contributed by atoms with Crippen LogP contribution in [-0.2, 0) is 16.0 Å². The standard InChI is InChI=1S/C22H28F3NO3S/c1-2-3-4-5-6-10-13-18(27)19(22(23,24)25)20(28)26-17(15-29-21(26)30)14-16-11-8-7-9-12-16/h7-13,17-19,27H,2-6,14-15H2,1H3/b13-10+/t17-,18+,19-/m0/s1. The van der Waals surface area contributed by atoms with Crippen LogP contribution >= 0.6 is 12.2 Å². The molecule has 0 aromatic heterocycles. The molecule has 1 fully saturated rings. The average Bonchev–Trinajstić information content (AvgIpc) is 3.04. The number of benzene rings is 1. The summed E-state index contributed by atoms with van der Waals surface area (Å²) in [7, 11) is 0. The molecule has 1 amide bonds. The first-order chi connectivity index (χ1) is 14.3. The molecular formula is C22H28F3NO3S. The van der Waals surface area contributed by atoms with Crippen LogP contribution in [0.1, 0.15) is 44.6 Å². The van der Waals surface area contributed by atoms with Gasteiger partial charge in [0.1, 0.15) is 6.61 Å². The number of halogens is 3. The van der Waals surface area contributed by atoms with Crippen LogP contribution in [0.4, 0.5) is 13.2 Å². The van der Waals surface area contributed by atoms with Crippen molar-refractivity contribution >= 4 is 23.3 Å². The lowest BCUT2D eigenvalue weighted by atomic mass is 9.97. The summed E-state index contributed by atoms with van der Waals surface area (Å²) in [6, 6.07) is 8.43. The molecule has 3 atom stereocenters. The van der Waals surface area contributed by atoms with Gasteiger partial charge >= 0.3 is 6.18 Å². The molecule has 166 valence electrons. The summed E-state index contributed by atoms with van der Waals surface area (Å²) in [5.41, 5.74) is 0.852. The van der Waals surface area contributed by atoms with Gasteiger partial charge in [-0.2, -0.15) is 13.2 Å². The molecule has 30 heavy (non-hydrogen) atoms. The van der Waals surface area contributed by atoms with Gasteiger partial charge in [0, 0.05) is 0 Å². The third-order valence-corrected chi connectivity index (χ3v) is 5.34. The van der Waals surface area contributed by atoms with Crippen LogP contribution in [0.5, 0.6) is 0 Å². The SMILES string of the molecule is CCCCCC/C=C/[C@@H](O)[C@@H](C(=O)N1C(=S)OC[C@@H]1Cc1ccccc1)C(F)(F)F. The Morgan fingerprint density at radius 3 is 2.63 bits per heavy atom. The predicted octanol–water partition coefficient (Wildman–Crippen LogP) is 4.81. The molecule has 0 unspecified atom stereocenters. The van der Waals surface area contributed by atoms with E-state index >= 15 is 0 Å². The van der Waals surface area contributed by atoms with Crippen LogP contribution in [0.2, 0.25) is 0 Å². The van der Waals surface area contributed by atoms with Gasteiger partial charge in [0.2, 0.25) is 5.91 Å². The summed E-state index contributed by atoms with van der Waals surface area (Å²) in [6.45, 7) is 2.09. The Morgan fingerprint density at radius 2 is 2.00 bits per heavy atom. The Morgan fingerprint density at radius 1 is 1.30 bits per heavy atom. The molecule has 1 aliphatic heterocycles. The molecule has 1 saturated heterocycles. The van der Waals surface area contributed by atoms with Crippen molar-refractivity contribution in [3.8, 4) is 0 Å². The average molecular weight is 444 g/mol. The Hall–Kier alpha value is -1.93. The second-order valence-corrected chi connectivity index (χ2v) is 7.77. The predicted molar refractivity (Wildman–Crippen MR) is 113 cm³/mol. The number of carbonyl (C=O) groups is 1. The first-order valence-electron chi connectivity index (χ1n) is 10.2. The third kappa shape index (κ3) is 6.80. The molecule has 1 N–H and O–H groups in total. The number of thiocarbonyl (C=S) groups is 1. The largest absolute Gasteiger partial charge is 0.468 e. The van der Waals surface area contributed by atoms with E-state index in [-0.39, 0.29) is 11.8 Å². The number of unbranched alkanes of at least 4 members (excludes halogenated alkanes) is 4. The summed E-state index contributed by atoms with van der Waals surface area (Å²) in [5, 5.41) is 9.92. The Balaban J connectivity index is 2.12. The van der Waals surface area contributed by atoms with Gasteiger partial charge in [-0.05, 0) is 37.0 Å². The molecule has 1 heterocycles. The molecule has 0 spiro atoms. The van der Waals surface area contributed by atoms with Crippen LogP contribution < -0.4 is 0 Å². The van der Waals surface area contributed by atoms with Crippen molar-refractivity contribution in [1.29, 1.82) is 0 Å². The molecule has 0 radical (unpaired) electrons. The number of hydrogen-bond acceptors (Lipinski definition) is 4. The van der Waals surface area contributed by atoms with E-state index in [0.717, 1.165) is 42.2 Å². The lowest BCUT2D eigenvalue weighted by molar-refractivity contribution is -0.201. The lowest BCUT2D eigenvalue weighted by Gasteiger charge is -2.29. The number of amides is 1. The second kappa shape index (κ2) is 11.5. The van der Waals surface area contributed by atoms with E-state index in [1.807, 2.05) is 30.3 Å². The number of carbonyl (C=O) groups excluding carboxylic acids is 1. The summed E-state index contributed by atoms with van der Waals surface area (Å²) in [6.07, 6.45) is 0.431. The number of nitrogens with zero attached hydrogens (tertiary/aromatic N) is 1. The fourth-order valence-electron chi connectivity index (χ4n) is 3.43. The molecule has 0 saturated carbocycles. The van der Waals surface area contributed by atoms with E-state index in [1.165, 1.54) is 6.08 Å². The number of allylic oxidation sites excluding steroid dienone is 1. The molecule has 0 bridgehead atoms. The maximum Gasteiger partial charge on any atom is 0.403 e. The number of ether oxygens (including phenoxy) is 1. The van der Waals surface area contributed by atoms with Crippen LogP contribution in [0.3, 0.4) is 0 Å². The smallest absolute Gasteiger partial charge is 0.403 e. The third-order valence-electron chi connectivity index (χ3n) is 5.03. The van der Waals surface area contributed by atoms with Gasteiger partial charge in [-0.15, -0.1) is 0 Å². The van der Waals surface area contributed by atoms with Gasteiger partial charge in [0.25, 0.3) is 5.17 Å². The maximum absolute atomic E-state index is 13.7. The van der Waals surface area contributed by atoms with Crippen LogP contribution in [0.25, 0.3) is 0 Å². The summed E-state index contributed by atoms with van der Waals surface area (Å²) < 4.78 is 46.3. The minimum Gasteiger partial charge on any atom is -0.468 e. The first kappa shape index (κ1) is 24.3. The molecule has 2 rings (SSSR count). The van der Waals surface area contributed by atoms with E-state index in [0.29, 0.717) is 12.8 Å². The molecule has 1 aromatic carbocycles. The second-order valence-electron chi connectivity index (χ2n) is 7.42. The summed E-state index contributed by atoms with van der Waals surface area (Å²) in [5.74, 6) is -3.88. The number of aliphatic hydroxyl groups excluding tert-OH is 1. The number of alkyl halides is 3. The van der Waals surface area contributed by atoms with E-state index in [2.05, 4.69) is 6.92 Å². The van der Waals surface area contributed by atoms with Gasteiger partial charge in [0.15, 0.2) is 5.92 Å². The zero-order valence-corrected chi connectivity index (χ0v) is 17.8. The number of hydrogen-bond donors (Lipinski definition) is 1. The zero-order chi connectivity index (χ0) is 22.1. The maximum atomic E-state index is 13.7. The molecule has 0 aliphatic carbocycles. The molecule has 1 aromatic rings. The zero-order valence-electron chi connectivity index (χ0n) is 17.0. The topological polar surface area (TPSA) is 49.8 Å². The van der Waals surface area contributed by atoms with Crippen LogP contribution in [-0.4, -0.2) is 46.0 Å². The monoisotopic (exact) mass is 443 g/mol. The quantitative estimate of drug-likeness (QED) is 0.320. The fourth-order valence-corrected chi connectivity index (χ4v) is 3.74. The Kier molecular flexibility index (Phi) is 9.30. The van der Waals surface area contributed by atoms with Crippen molar-refractivity contribution in [3.63, 3.8) is 0 Å². The van der Waals surface area contributed by atoms with Crippen molar-refractivity contribution < 1.29 is 27.8 Å². The van der Waals surface area contributed by atoms with Crippen molar-refractivity contribution in [2.45, 2.75) is 63.8 Å². The highest BCUT2D eigenvalue weighted by molar-refractivity contribution is 7.80. The minimum atomic E-state index is -4.92. The molecule has 1 aliphatic rings. The molecular weight excluding hydrogens is 415 g/mol. The highest BCUT2D eigenvalue weighted by atomic mass is 32.1. The first-order valence-corrected chi connectivity index (χ1v) is 10.6. The van der Waals surface area contributed by atoms with Crippen LogP contribution in [0, 0.1) is 5.92 Å². The molecule has 8 heteroatoms. The summed E-state index contributed by atoms with van der Waals surface area (Å²) in [4.78, 5) is 13.7. The lowest BCUT2D eigenvalue weighted by Crippen LogP contribution is -2.51. The normalized spacial score (nSPS) is 19.2. The van der Waals surface area contributed by atoms with Gasteiger partial charge in [0.05, 0.1) is 12.1 Å². The highest BCUT2D eigenvalue weighted by Gasteiger charge is 2.53. The van der Waals surface area contributed by atoms with Crippen LogP contribution in [0.15, 0.2) is 42.5 Å². The molecule has 4 nitrogen and oxygen atoms in total. The summed E-state index contributed by atoms with van der Waals surface area (Å²) >= 11 is 5.00. The van der Waals surface area contributed by atoms with E-state index in [4.69, 9.17) is 17.0 Å². The van der Waals surface area contributed by atoms with E-state index in [9.17, 15) is 23.1 Å². The van der Waals surface area contributed by atoms with Crippen molar-refractivity contribution in [3.05, 3.63) is 48.0 Å². The van der Waals surface area contributed by atoms with Crippen molar-refractivity contribution in [1.82, 2.24) is 4.90 Å². The van der Waals surface area contributed by atoms with Crippen molar-refractivity contribution in [2.75, 3.05) is 6.61 Å². The Labute approximate surface area is 180 Å². The minimum absolute atomic E-state index is 0.0212. The van der Waals surface area contributed by atoms with Gasteiger partial charge in [-0.1, -0.05) is 68.7 Å². The van der Waals surface area contributed by atoms with Crippen molar-refractivity contribution in [2.24, 2.45) is 5.92 Å². The van der Waals surface area contributed by atoms with Gasteiger partial charge in [-0.3, -0.25) is 9.69 Å². The number of rotatable bonds is 10. The highest BCUT2D eigenvalue weighted by Crippen LogP contribution is 2.33. The Bertz CT molecular complexity index is 724. The van der Waals surface area contributed by atoms with E-state index < -0.39 is 30.1 Å². The fraction of sp³-hybridized carbons (Fsp3) is 0.545. The van der Waals surface area contributed by atoms with Gasteiger partial charge in [-0.25, -0.2) is 0 Å².